The number of phenolic OH excluding ortho intramolecular Hbond substituents is 1. The van der Waals surface area contributed by atoms with Crippen molar-refractivity contribution in [2.75, 3.05) is 6.54 Å². The molecule has 0 aliphatic heterocycles. The highest BCUT2D eigenvalue weighted by Gasteiger charge is 2.16. The van der Waals surface area contributed by atoms with Gasteiger partial charge in [0.1, 0.15) is 0 Å². The molecule has 1 atom stereocenters. The zero-order valence-corrected chi connectivity index (χ0v) is 9.08. The highest BCUT2D eigenvalue weighted by atomic mass is 35.5. The molecule has 4 heteroatoms. The first-order valence-electron chi connectivity index (χ1n) is 4.73. The van der Waals surface area contributed by atoms with Crippen molar-refractivity contribution in [1.82, 2.24) is 0 Å². The molecule has 0 aliphatic rings. The van der Waals surface area contributed by atoms with Gasteiger partial charge in [-0.1, -0.05) is 18.5 Å². The van der Waals surface area contributed by atoms with Gasteiger partial charge in [-0.25, -0.2) is 0 Å². The van der Waals surface area contributed by atoms with E-state index in [2.05, 4.69) is 0 Å². The minimum atomic E-state index is 0.0528. The molecule has 0 saturated heterocycles. The molecule has 0 aliphatic carbocycles. The summed E-state index contributed by atoms with van der Waals surface area (Å²) in [7, 11) is 0. The Morgan fingerprint density at radius 1 is 1.60 bits per heavy atom. The van der Waals surface area contributed by atoms with Crippen LogP contribution in [-0.2, 0) is 0 Å². The molecule has 80 valence electrons. The summed E-state index contributed by atoms with van der Waals surface area (Å²) in [5.74, 6) is 0.189. The van der Waals surface area contributed by atoms with Gasteiger partial charge in [-0.3, -0.25) is 0 Å². The average Bonchev–Trinajstić information content (AvgIpc) is 2.71. The van der Waals surface area contributed by atoms with Gasteiger partial charge in [0, 0.05) is 10.9 Å². The van der Waals surface area contributed by atoms with Crippen molar-refractivity contribution in [2.45, 2.75) is 12.8 Å². The molecule has 2 aromatic rings. The van der Waals surface area contributed by atoms with Gasteiger partial charge in [-0.2, -0.15) is 0 Å². The summed E-state index contributed by atoms with van der Waals surface area (Å²) in [6, 6.07) is 3.47. The Morgan fingerprint density at radius 2 is 2.33 bits per heavy atom. The van der Waals surface area contributed by atoms with E-state index in [0.29, 0.717) is 17.2 Å². The van der Waals surface area contributed by atoms with Gasteiger partial charge in [0.05, 0.1) is 11.3 Å². The summed E-state index contributed by atoms with van der Waals surface area (Å²) >= 11 is 6.06. The summed E-state index contributed by atoms with van der Waals surface area (Å²) < 4.78 is 5.19. The van der Waals surface area contributed by atoms with Crippen LogP contribution >= 0.6 is 11.6 Å². The minimum Gasteiger partial charge on any atom is -0.504 e. The smallest absolute Gasteiger partial charge is 0.177 e. The third-order valence-corrected chi connectivity index (χ3v) is 2.89. The number of rotatable bonds is 2. The number of halogens is 1. The molecule has 0 radical (unpaired) electrons. The third kappa shape index (κ3) is 1.58. The van der Waals surface area contributed by atoms with Crippen LogP contribution in [0.2, 0.25) is 5.02 Å². The van der Waals surface area contributed by atoms with E-state index in [9.17, 15) is 5.11 Å². The van der Waals surface area contributed by atoms with Crippen LogP contribution in [0.3, 0.4) is 0 Å². The molecule has 1 unspecified atom stereocenters. The standard InChI is InChI=1S/C11H12ClNO2/c1-6(5-13)8-4-9(12)7-2-3-15-11(7)10(8)14/h2-4,6,14H,5,13H2,1H3. The number of phenols is 1. The predicted octanol–water partition coefficient (Wildman–Crippen LogP) is 2.85. The molecule has 3 nitrogen and oxygen atoms in total. The Balaban J connectivity index is 2.71. The third-order valence-electron chi connectivity index (χ3n) is 2.58. The number of hydrogen-bond donors (Lipinski definition) is 2. The van der Waals surface area contributed by atoms with Crippen molar-refractivity contribution in [2.24, 2.45) is 5.73 Å². The molecule has 0 spiro atoms. The second-order valence-electron chi connectivity index (χ2n) is 3.60. The fourth-order valence-electron chi connectivity index (χ4n) is 1.60. The van der Waals surface area contributed by atoms with Gasteiger partial charge in [-0.15, -0.1) is 0 Å². The van der Waals surface area contributed by atoms with Crippen LogP contribution in [0.1, 0.15) is 18.4 Å². The van der Waals surface area contributed by atoms with E-state index in [-0.39, 0.29) is 11.7 Å². The van der Waals surface area contributed by atoms with E-state index in [1.54, 1.807) is 12.1 Å². The second kappa shape index (κ2) is 3.76. The summed E-state index contributed by atoms with van der Waals surface area (Å²) in [6.45, 7) is 2.39. The highest BCUT2D eigenvalue weighted by Crippen LogP contribution is 2.38. The number of furan rings is 1. The van der Waals surface area contributed by atoms with Crippen molar-refractivity contribution in [1.29, 1.82) is 0 Å². The van der Waals surface area contributed by atoms with Crippen LogP contribution in [0.15, 0.2) is 22.8 Å². The number of benzene rings is 1. The van der Waals surface area contributed by atoms with Crippen molar-refractivity contribution < 1.29 is 9.52 Å². The number of aromatic hydroxyl groups is 1. The van der Waals surface area contributed by atoms with Crippen molar-refractivity contribution >= 4 is 22.6 Å². The average molecular weight is 226 g/mol. The quantitative estimate of drug-likeness (QED) is 0.826. The Labute approximate surface area is 92.4 Å². The monoisotopic (exact) mass is 225 g/mol. The Bertz CT molecular complexity index is 493. The fourth-order valence-corrected chi connectivity index (χ4v) is 1.86. The Hall–Kier alpha value is -1.19. The normalized spacial score (nSPS) is 13.3. The Morgan fingerprint density at radius 3 is 3.00 bits per heavy atom. The molecule has 15 heavy (non-hydrogen) atoms. The predicted molar refractivity (Wildman–Crippen MR) is 60.4 cm³/mol. The van der Waals surface area contributed by atoms with Crippen molar-refractivity contribution in [3.63, 3.8) is 0 Å². The zero-order valence-electron chi connectivity index (χ0n) is 8.33. The molecule has 0 amide bonds. The fraction of sp³-hybridized carbons (Fsp3) is 0.273. The molecule has 0 fully saturated rings. The van der Waals surface area contributed by atoms with E-state index in [1.165, 1.54) is 6.26 Å². The topological polar surface area (TPSA) is 59.4 Å². The molecule has 1 aromatic carbocycles. The van der Waals surface area contributed by atoms with Crippen molar-refractivity contribution in [3.8, 4) is 5.75 Å². The van der Waals surface area contributed by atoms with Gasteiger partial charge >= 0.3 is 0 Å². The van der Waals surface area contributed by atoms with E-state index in [0.717, 1.165) is 10.9 Å². The van der Waals surface area contributed by atoms with E-state index in [1.807, 2.05) is 6.92 Å². The molecule has 0 saturated carbocycles. The highest BCUT2D eigenvalue weighted by molar-refractivity contribution is 6.35. The van der Waals surface area contributed by atoms with E-state index >= 15 is 0 Å². The SMILES string of the molecule is CC(CN)c1cc(Cl)c2ccoc2c1O. The van der Waals surface area contributed by atoms with E-state index < -0.39 is 0 Å². The van der Waals surface area contributed by atoms with Crippen LogP contribution in [0, 0.1) is 0 Å². The summed E-state index contributed by atoms with van der Waals surface area (Å²) in [5, 5.41) is 11.3. The summed E-state index contributed by atoms with van der Waals surface area (Å²) in [5.41, 5.74) is 6.71. The summed E-state index contributed by atoms with van der Waals surface area (Å²) in [4.78, 5) is 0. The second-order valence-corrected chi connectivity index (χ2v) is 4.00. The lowest BCUT2D eigenvalue weighted by atomic mass is 9.99. The lowest BCUT2D eigenvalue weighted by Crippen LogP contribution is -2.09. The maximum Gasteiger partial charge on any atom is 0.177 e. The first-order valence-corrected chi connectivity index (χ1v) is 5.11. The molecule has 2 rings (SSSR count). The van der Waals surface area contributed by atoms with Gasteiger partial charge in [-0.05, 0) is 24.6 Å². The van der Waals surface area contributed by atoms with Crippen molar-refractivity contribution in [3.05, 3.63) is 29.0 Å². The Kier molecular flexibility index (Phi) is 2.59. The van der Waals surface area contributed by atoms with Crippen LogP contribution in [-0.4, -0.2) is 11.7 Å². The lowest BCUT2D eigenvalue weighted by molar-refractivity contribution is 0.454. The minimum absolute atomic E-state index is 0.0528. The molecule has 0 bridgehead atoms. The first-order chi connectivity index (χ1) is 7.15. The molecule has 3 N–H and O–H groups in total. The van der Waals surface area contributed by atoms with Gasteiger partial charge < -0.3 is 15.3 Å². The first kappa shape index (κ1) is 10.3. The molecular weight excluding hydrogens is 214 g/mol. The number of hydrogen-bond acceptors (Lipinski definition) is 3. The van der Waals surface area contributed by atoms with Crippen LogP contribution < -0.4 is 5.73 Å². The van der Waals surface area contributed by atoms with Crippen LogP contribution in [0.25, 0.3) is 11.0 Å². The maximum atomic E-state index is 9.96. The van der Waals surface area contributed by atoms with Gasteiger partial charge in [0.2, 0.25) is 0 Å². The summed E-state index contributed by atoms with van der Waals surface area (Å²) in [6.07, 6.45) is 1.51. The maximum absolute atomic E-state index is 9.96. The van der Waals surface area contributed by atoms with Gasteiger partial charge in [0.25, 0.3) is 0 Å². The number of nitrogens with two attached hydrogens (primary N) is 1. The molecule has 1 aromatic heterocycles. The lowest BCUT2D eigenvalue weighted by Gasteiger charge is -2.11. The van der Waals surface area contributed by atoms with Gasteiger partial charge in [0.15, 0.2) is 11.3 Å². The number of fused-ring (bicyclic) bond motifs is 1. The molecule has 1 heterocycles. The van der Waals surface area contributed by atoms with Crippen LogP contribution in [0.5, 0.6) is 5.75 Å². The van der Waals surface area contributed by atoms with E-state index in [4.69, 9.17) is 21.8 Å². The zero-order chi connectivity index (χ0) is 11.0. The van der Waals surface area contributed by atoms with Crippen LogP contribution in [0.4, 0.5) is 0 Å². The molecular formula is C11H12ClNO2. The largest absolute Gasteiger partial charge is 0.504 e.